The van der Waals surface area contributed by atoms with Crippen molar-refractivity contribution in [2.24, 2.45) is 11.8 Å². The molecule has 34 heavy (non-hydrogen) atoms. The highest BCUT2D eigenvalue weighted by Crippen LogP contribution is 2.44. The average Bonchev–Trinajstić information content (AvgIpc) is 3.34. The number of likely N-dealkylation sites (tertiary alicyclic amines) is 1. The quantitative estimate of drug-likeness (QED) is 0.609. The van der Waals surface area contributed by atoms with Crippen LogP contribution >= 0.6 is 0 Å². The lowest BCUT2D eigenvalue weighted by Crippen LogP contribution is -2.40. The monoisotopic (exact) mass is 464 g/mol. The molecule has 1 saturated heterocycles. The summed E-state index contributed by atoms with van der Waals surface area (Å²) in [7, 11) is 0. The first-order valence-electron chi connectivity index (χ1n) is 12.0. The Labute approximate surface area is 200 Å². The van der Waals surface area contributed by atoms with Gasteiger partial charge >= 0.3 is 12.1 Å². The van der Waals surface area contributed by atoms with Crippen molar-refractivity contribution in [2.75, 3.05) is 19.7 Å². The van der Waals surface area contributed by atoms with E-state index in [1.807, 2.05) is 38.1 Å². The molecule has 4 rings (SSSR count). The molecule has 0 bridgehead atoms. The third kappa shape index (κ3) is 5.08. The number of fused-ring (bicyclic) bond motifs is 3. The number of alkyl carbamates (subject to hydrolysis) is 1. The molecule has 2 amide bonds. The van der Waals surface area contributed by atoms with Crippen LogP contribution in [0.5, 0.6) is 0 Å². The number of hydrogen-bond acceptors (Lipinski definition) is 4. The van der Waals surface area contributed by atoms with E-state index in [4.69, 9.17) is 9.84 Å². The van der Waals surface area contributed by atoms with E-state index in [0.29, 0.717) is 19.5 Å². The van der Waals surface area contributed by atoms with Gasteiger partial charge in [-0.1, -0.05) is 62.4 Å². The molecule has 1 heterocycles. The van der Waals surface area contributed by atoms with Crippen LogP contribution in [0.3, 0.4) is 0 Å². The van der Waals surface area contributed by atoms with Crippen molar-refractivity contribution in [3.8, 4) is 11.1 Å². The van der Waals surface area contributed by atoms with E-state index in [1.54, 1.807) is 4.90 Å². The first-order chi connectivity index (χ1) is 16.4. The van der Waals surface area contributed by atoms with Crippen LogP contribution < -0.4 is 5.32 Å². The zero-order chi connectivity index (χ0) is 24.2. The number of hydrogen-bond donors (Lipinski definition) is 2. The standard InChI is InChI=1S/C27H32N2O5/c1-3-19(13-25(30)29-14-17(2)18(15-29)12-26(31)32)28-27(33)34-16-24-22-10-6-4-8-20(22)21-9-5-7-11-23(21)24/h4-11,17-19,24H,3,12-16H2,1-2H3,(H,28,33)(H,31,32)/t17-,18-,19?/m1/s1. The molecular formula is C27H32N2O5. The fraction of sp³-hybridized carbons (Fsp3) is 0.444. The second kappa shape index (κ2) is 10.3. The van der Waals surface area contributed by atoms with Crippen LogP contribution in [0.1, 0.15) is 50.2 Å². The van der Waals surface area contributed by atoms with Crippen LogP contribution in [0, 0.1) is 11.8 Å². The van der Waals surface area contributed by atoms with Crippen LogP contribution in [-0.2, 0) is 14.3 Å². The number of carboxylic acid groups (broad SMARTS) is 1. The zero-order valence-electron chi connectivity index (χ0n) is 19.7. The van der Waals surface area contributed by atoms with E-state index < -0.39 is 12.1 Å². The summed E-state index contributed by atoms with van der Waals surface area (Å²) in [6.45, 7) is 5.13. The number of amides is 2. The number of carboxylic acids is 1. The first-order valence-corrected chi connectivity index (χ1v) is 12.0. The summed E-state index contributed by atoms with van der Waals surface area (Å²) in [6, 6.07) is 16.0. The maximum Gasteiger partial charge on any atom is 0.407 e. The second-order valence-corrected chi connectivity index (χ2v) is 9.41. The number of carbonyl (C=O) groups is 3. The summed E-state index contributed by atoms with van der Waals surface area (Å²) in [5, 5.41) is 11.9. The molecule has 1 aliphatic carbocycles. The molecule has 1 aliphatic heterocycles. The summed E-state index contributed by atoms with van der Waals surface area (Å²) in [4.78, 5) is 38.2. The highest BCUT2D eigenvalue weighted by Gasteiger charge is 2.34. The van der Waals surface area contributed by atoms with Gasteiger partial charge in [-0.3, -0.25) is 9.59 Å². The Balaban J connectivity index is 1.31. The van der Waals surface area contributed by atoms with Crippen molar-refractivity contribution in [1.29, 1.82) is 0 Å². The summed E-state index contributed by atoms with van der Waals surface area (Å²) in [5.74, 6) is -0.802. The van der Waals surface area contributed by atoms with E-state index in [-0.39, 0.29) is 49.2 Å². The van der Waals surface area contributed by atoms with Crippen molar-refractivity contribution >= 4 is 18.0 Å². The van der Waals surface area contributed by atoms with Crippen molar-refractivity contribution in [3.63, 3.8) is 0 Å². The van der Waals surface area contributed by atoms with Gasteiger partial charge in [-0.25, -0.2) is 4.79 Å². The maximum absolute atomic E-state index is 12.8. The van der Waals surface area contributed by atoms with Crippen LogP contribution in [0.2, 0.25) is 0 Å². The third-order valence-corrected chi connectivity index (χ3v) is 7.14. The summed E-state index contributed by atoms with van der Waals surface area (Å²) in [6.07, 6.45) is 0.311. The Morgan fingerprint density at radius 2 is 1.68 bits per heavy atom. The van der Waals surface area contributed by atoms with Gasteiger partial charge in [0, 0.05) is 31.5 Å². The molecule has 0 saturated carbocycles. The summed E-state index contributed by atoms with van der Waals surface area (Å²) < 4.78 is 5.62. The lowest BCUT2D eigenvalue weighted by molar-refractivity contribution is -0.138. The molecular weight excluding hydrogens is 432 g/mol. The van der Waals surface area contributed by atoms with Gasteiger partial charge in [0.15, 0.2) is 0 Å². The Hall–Kier alpha value is -3.35. The number of aliphatic carboxylic acids is 1. The molecule has 2 aromatic rings. The van der Waals surface area contributed by atoms with Crippen molar-refractivity contribution in [1.82, 2.24) is 10.2 Å². The average molecular weight is 465 g/mol. The minimum Gasteiger partial charge on any atom is -0.481 e. The van der Waals surface area contributed by atoms with Crippen molar-refractivity contribution in [2.45, 2.75) is 45.1 Å². The number of rotatable bonds is 8. The number of benzene rings is 2. The predicted octanol–water partition coefficient (Wildman–Crippen LogP) is 4.26. The van der Waals surface area contributed by atoms with Crippen molar-refractivity contribution in [3.05, 3.63) is 59.7 Å². The Morgan fingerprint density at radius 1 is 1.06 bits per heavy atom. The molecule has 2 aromatic carbocycles. The maximum atomic E-state index is 12.8. The highest BCUT2D eigenvalue weighted by molar-refractivity contribution is 5.80. The second-order valence-electron chi connectivity index (χ2n) is 9.41. The van der Waals surface area contributed by atoms with Crippen LogP contribution in [-0.4, -0.2) is 53.7 Å². The number of ether oxygens (including phenoxy) is 1. The number of nitrogens with zero attached hydrogens (tertiary/aromatic N) is 1. The predicted molar refractivity (Wildman–Crippen MR) is 128 cm³/mol. The van der Waals surface area contributed by atoms with Crippen molar-refractivity contribution < 1.29 is 24.2 Å². The molecule has 0 radical (unpaired) electrons. The molecule has 3 atom stereocenters. The van der Waals surface area contributed by atoms with Gasteiger partial charge < -0.3 is 20.1 Å². The van der Waals surface area contributed by atoms with Gasteiger partial charge in [0.1, 0.15) is 6.61 Å². The van der Waals surface area contributed by atoms with E-state index >= 15 is 0 Å². The minimum absolute atomic E-state index is 0.0166. The molecule has 0 aromatic heterocycles. The molecule has 7 heteroatoms. The Bertz CT molecular complexity index is 1020. The van der Waals surface area contributed by atoms with Gasteiger partial charge in [-0.15, -0.1) is 0 Å². The van der Waals surface area contributed by atoms with E-state index in [0.717, 1.165) is 11.1 Å². The van der Waals surface area contributed by atoms with Crippen LogP contribution in [0.25, 0.3) is 11.1 Å². The topological polar surface area (TPSA) is 95.9 Å². The lowest BCUT2D eigenvalue weighted by Gasteiger charge is -2.22. The van der Waals surface area contributed by atoms with Gasteiger partial charge in [0.25, 0.3) is 0 Å². The van der Waals surface area contributed by atoms with Gasteiger partial charge in [0.2, 0.25) is 5.91 Å². The van der Waals surface area contributed by atoms with Gasteiger partial charge in [-0.2, -0.15) is 0 Å². The highest BCUT2D eigenvalue weighted by atomic mass is 16.5. The van der Waals surface area contributed by atoms with Gasteiger partial charge in [-0.05, 0) is 40.5 Å². The fourth-order valence-electron chi connectivity index (χ4n) is 5.17. The normalized spacial score (nSPS) is 19.9. The smallest absolute Gasteiger partial charge is 0.407 e. The zero-order valence-corrected chi connectivity index (χ0v) is 19.7. The third-order valence-electron chi connectivity index (χ3n) is 7.14. The fourth-order valence-corrected chi connectivity index (χ4v) is 5.17. The molecule has 180 valence electrons. The lowest BCUT2D eigenvalue weighted by atomic mass is 9.95. The number of nitrogens with one attached hydrogen (secondary N) is 1. The minimum atomic E-state index is -0.838. The van der Waals surface area contributed by atoms with E-state index in [9.17, 15) is 14.4 Å². The molecule has 2 N–H and O–H groups in total. The van der Waals surface area contributed by atoms with E-state index in [2.05, 4.69) is 29.6 Å². The number of carbonyl (C=O) groups excluding carboxylic acids is 2. The largest absolute Gasteiger partial charge is 0.481 e. The van der Waals surface area contributed by atoms with Crippen LogP contribution in [0.4, 0.5) is 4.79 Å². The SMILES string of the molecule is CCC(CC(=O)N1C[C@@H](CC(=O)O)[C@H](C)C1)NC(=O)OCC1c2ccccc2-c2ccccc21. The van der Waals surface area contributed by atoms with Gasteiger partial charge in [0.05, 0.1) is 6.42 Å². The Morgan fingerprint density at radius 3 is 2.26 bits per heavy atom. The van der Waals surface area contributed by atoms with Crippen LogP contribution in [0.15, 0.2) is 48.5 Å². The molecule has 1 unspecified atom stereocenters. The van der Waals surface area contributed by atoms with E-state index in [1.165, 1.54) is 11.1 Å². The summed E-state index contributed by atoms with van der Waals surface area (Å²) >= 11 is 0. The molecule has 0 spiro atoms. The molecule has 1 fully saturated rings. The summed E-state index contributed by atoms with van der Waals surface area (Å²) in [5.41, 5.74) is 4.64. The first kappa shape index (κ1) is 23.8. The molecule has 2 aliphatic rings. The Kier molecular flexibility index (Phi) is 7.20. The molecule has 7 nitrogen and oxygen atoms in total.